The molecule has 0 aliphatic rings. The highest BCUT2D eigenvalue weighted by Crippen LogP contribution is 2.34. The average molecular weight is 253 g/mol. The van der Waals surface area contributed by atoms with Gasteiger partial charge < -0.3 is 19.9 Å². The van der Waals surface area contributed by atoms with Gasteiger partial charge in [0.05, 0.1) is 14.2 Å². The first-order valence-corrected chi connectivity index (χ1v) is 6.21. The summed E-state index contributed by atoms with van der Waals surface area (Å²) in [7, 11) is 5.18. The molecular weight excluding hydrogens is 230 g/mol. The Bertz CT molecular complexity index is 364. The minimum absolute atomic E-state index is 0.0463. The molecule has 0 fully saturated rings. The van der Waals surface area contributed by atoms with Gasteiger partial charge in [-0.3, -0.25) is 0 Å². The Balaban J connectivity index is 3.16. The van der Waals surface area contributed by atoms with Crippen LogP contribution in [0.3, 0.4) is 0 Å². The number of ether oxygens (including phenoxy) is 2. The van der Waals surface area contributed by atoms with Crippen LogP contribution < -0.4 is 14.8 Å². The Morgan fingerprint density at radius 2 is 2.00 bits per heavy atom. The van der Waals surface area contributed by atoms with Crippen molar-refractivity contribution in [1.29, 1.82) is 0 Å². The maximum atomic E-state index is 9.47. The van der Waals surface area contributed by atoms with Crippen molar-refractivity contribution < 1.29 is 14.6 Å². The second kappa shape index (κ2) is 7.24. The molecule has 18 heavy (non-hydrogen) atoms. The molecule has 0 saturated carbocycles. The van der Waals surface area contributed by atoms with E-state index in [9.17, 15) is 5.11 Å². The third-order valence-electron chi connectivity index (χ3n) is 3.31. The highest BCUT2D eigenvalue weighted by Gasteiger charge is 2.23. The van der Waals surface area contributed by atoms with E-state index in [4.69, 9.17) is 9.47 Å². The summed E-state index contributed by atoms with van der Waals surface area (Å²) in [4.78, 5) is 0. The van der Waals surface area contributed by atoms with E-state index in [1.54, 1.807) is 14.2 Å². The van der Waals surface area contributed by atoms with E-state index in [1.165, 1.54) is 0 Å². The molecule has 1 rings (SSSR count). The molecule has 4 heteroatoms. The molecule has 0 bridgehead atoms. The van der Waals surface area contributed by atoms with Gasteiger partial charge in [0.25, 0.3) is 0 Å². The minimum atomic E-state index is 0.0463. The molecule has 2 atom stereocenters. The second-order valence-corrected chi connectivity index (χ2v) is 4.23. The first-order valence-electron chi connectivity index (χ1n) is 6.21. The van der Waals surface area contributed by atoms with Crippen LogP contribution in [0, 0.1) is 5.92 Å². The molecule has 0 amide bonds. The Morgan fingerprint density at radius 1 is 1.28 bits per heavy atom. The van der Waals surface area contributed by atoms with E-state index in [0.717, 1.165) is 23.5 Å². The zero-order chi connectivity index (χ0) is 13.5. The van der Waals surface area contributed by atoms with Crippen LogP contribution in [0.1, 0.15) is 24.9 Å². The van der Waals surface area contributed by atoms with Gasteiger partial charge >= 0.3 is 0 Å². The molecule has 0 heterocycles. The molecule has 2 N–H and O–H groups in total. The van der Waals surface area contributed by atoms with Crippen LogP contribution >= 0.6 is 0 Å². The van der Waals surface area contributed by atoms with E-state index in [0.29, 0.717) is 0 Å². The van der Waals surface area contributed by atoms with Crippen molar-refractivity contribution in [3.8, 4) is 11.5 Å². The SMILES string of the molecule is CCC(CO)C(NC)c1cc(OC)ccc1OC. The standard InChI is InChI=1S/C14H23NO3/c1-5-10(9-16)14(15-2)12-8-11(17-3)6-7-13(12)18-4/h6-8,10,14-16H,5,9H2,1-4H3. The molecular formula is C14H23NO3. The normalized spacial score (nSPS) is 14.1. The lowest BCUT2D eigenvalue weighted by molar-refractivity contribution is 0.187. The maximum absolute atomic E-state index is 9.47. The van der Waals surface area contributed by atoms with E-state index in [-0.39, 0.29) is 18.6 Å². The van der Waals surface area contributed by atoms with Gasteiger partial charge in [-0.15, -0.1) is 0 Å². The second-order valence-electron chi connectivity index (χ2n) is 4.23. The predicted molar refractivity (Wildman–Crippen MR) is 72.2 cm³/mol. The molecule has 102 valence electrons. The number of hydrogen-bond acceptors (Lipinski definition) is 4. The molecule has 0 radical (unpaired) electrons. The van der Waals surface area contributed by atoms with Gasteiger partial charge in [0.1, 0.15) is 11.5 Å². The average Bonchev–Trinajstić information content (AvgIpc) is 2.43. The third kappa shape index (κ3) is 3.15. The van der Waals surface area contributed by atoms with Crippen LogP contribution in [0.15, 0.2) is 18.2 Å². The number of nitrogens with one attached hydrogen (secondary N) is 1. The topological polar surface area (TPSA) is 50.7 Å². The van der Waals surface area contributed by atoms with Crippen molar-refractivity contribution in [1.82, 2.24) is 5.32 Å². The predicted octanol–water partition coefficient (Wildman–Crippen LogP) is 1.98. The van der Waals surface area contributed by atoms with Crippen LogP contribution in [-0.4, -0.2) is 33.0 Å². The first-order chi connectivity index (χ1) is 8.71. The first kappa shape index (κ1) is 14.8. The van der Waals surface area contributed by atoms with Crippen molar-refractivity contribution in [2.45, 2.75) is 19.4 Å². The van der Waals surface area contributed by atoms with E-state index < -0.39 is 0 Å². The van der Waals surface area contributed by atoms with Crippen molar-refractivity contribution >= 4 is 0 Å². The summed E-state index contributed by atoms with van der Waals surface area (Å²) >= 11 is 0. The van der Waals surface area contributed by atoms with E-state index >= 15 is 0 Å². The van der Waals surface area contributed by atoms with Crippen molar-refractivity contribution in [3.05, 3.63) is 23.8 Å². The summed E-state index contributed by atoms with van der Waals surface area (Å²) in [6.07, 6.45) is 0.891. The summed E-state index contributed by atoms with van der Waals surface area (Å²) in [6.45, 7) is 2.21. The number of rotatable bonds is 7. The highest BCUT2D eigenvalue weighted by atomic mass is 16.5. The van der Waals surface area contributed by atoms with Crippen LogP contribution in [0.5, 0.6) is 11.5 Å². The number of hydrogen-bond donors (Lipinski definition) is 2. The number of aliphatic hydroxyl groups is 1. The van der Waals surface area contributed by atoms with E-state index in [2.05, 4.69) is 12.2 Å². The molecule has 0 aliphatic carbocycles. The monoisotopic (exact) mass is 253 g/mol. The van der Waals surface area contributed by atoms with Crippen molar-refractivity contribution in [3.63, 3.8) is 0 Å². The highest BCUT2D eigenvalue weighted by molar-refractivity contribution is 5.42. The lowest BCUT2D eigenvalue weighted by Crippen LogP contribution is -2.27. The fourth-order valence-corrected chi connectivity index (χ4v) is 2.20. The van der Waals surface area contributed by atoms with Gasteiger partial charge in [-0.25, -0.2) is 0 Å². The van der Waals surface area contributed by atoms with Crippen molar-refractivity contribution in [2.24, 2.45) is 5.92 Å². The van der Waals surface area contributed by atoms with Crippen LogP contribution in [0.2, 0.25) is 0 Å². The van der Waals surface area contributed by atoms with Gasteiger partial charge in [0.15, 0.2) is 0 Å². The Morgan fingerprint density at radius 3 is 2.44 bits per heavy atom. The van der Waals surface area contributed by atoms with Gasteiger partial charge in [0.2, 0.25) is 0 Å². The van der Waals surface area contributed by atoms with Gasteiger partial charge in [-0.1, -0.05) is 6.92 Å². The fourth-order valence-electron chi connectivity index (χ4n) is 2.20. The largest absolute Gasteiger partial charge is 0.497 e. The molecule has 0 saturated heterocycles. The molecule has 1 aromatic rings. The molecule has 0 aliphatic heterocycles. The van der Waals surface area contributed by atoms with Crippen LogP contribution in [-0.2, 0) is 0 Å². The Kier molecular flexibility index (Phi) is 5.95. The zero-order valence-electron chi connectivity index (χ0n) is 11.6. The molecule has 2 unspecified atom stereocenters. The number of aliphatic hydroxyl groups excluding tert-OH is 1. The van der Waals surface area contributed by atoms with Crippen LogP contribution in [0.4, 0.5) is 0 Å². The fraction of sp³-hybridized carbons (Fsp3) is 0.571. The zero-order valence-corrected chi connectivity index (χ0v) is 11.6. The minimum Gasteiger partial charge on any atom is -0.497 e. The van der Waals surface area contributed by atoms with Gasteiger partial charge in [-0.05, 0) is 31.7 Å². The summed E-state index contributed by atoms with van der Waals surface area (Å²) < 4.78 is 10.6. The Hall–Kier alpha value is -1.26. The summed E-state index contributed by atoms with van der Waals surface area (Å²) in [6, 6.07) is 5.76. The number of benzene rings is 1. The molecule has 0 spiro atoms. The lowest BCUT2D eigenvalue weighted by Gasteiger charge is -2.26. The Labute approximate surface area is 109 Å². The summed E-state index contributed by atoms with van der Waals surface area (Å²) in [5.41, 5.74) is 1.01. The molecule has 4 nitrogen and oxygen atoms in total. The lowest BCUT2D eigenvalue weighted by atomic mass is 9.91. The van der Waals surface area contributed by atoms with Crippen LogP contribution in [0.25, 0.3) is 0 Å². The van der Waals surface area contributed by atoms with Gasteiger partial charge in [-0.2, -0.15) is 0 Å². The smallest absolute Gasteiger partial charge is 0.123 e. The molecule has 1 aromatic carbocycles. The van der Waals surface area contributed by atoms with Crippen molar-refractivity contribution in [2.75, 3.05) is 27.9 Å². The third-order valence-corrected chi connectivity index (χ3v) is 3.31. The van der Waals surface area contributed by atoms with Gasteiger partial charge in [0, 0.05) is 24.1 Å². The molecule has 0 aromatic heterocycles. The quantitative estimate of drug-likeness (QED) is 0.780. The number of methoxy groups -OCH3 is 2. The summed E-state index contributed by atoms with van der Waals surface area (Å²) in [5.74, 6) is 1.75. The maximum Gasteiger partial charge on any atom is 0.123 e. The van der Waals surface area contributed by atoms with E-state index in [1.807, 2.05) is 25.2 Å². The summed E-state index contributed by atoms with van der Waals surface area (Å²) in [5, 5.41) is 12.7.